The summed E-state index contributed by atoms with van der Waals surface area (Å²) in [6.45, 7) is 4.28. The number of carbonyl (C=O) groups is 4. The molecule has 0 aliphatic rings. The molecule has 0 fully saturated rings. The second-order valence-electron chi connectivity index (χ2n) is 25.5. The molecule has 106 heavy (non-hydrogen) atoms. The van der Waals surface area contributed by atoms with Crippen LogP contribution in [0.1, 0.15) is 272 Å². The molecule has 0 saturated heterocycles. The van der Waals surface area contributed by atoms with E-state index in [1.165, 1.54) is 0 Å². The first-order chi connectivity index (χ1) is 51.7. The zero-order valence-electron chi connectivity index (χ0n) is 65.3. The van der Waals surface area contributed by atoms with E-state index < -0.39 is 97.5 Å². The van der Waals surface area contributed by atoms with Gasteiger partial charge in [-0.05, 0) is 167 Å². The highest BCUT2D eigenvalue weighted by Gasteiger charge is 2.30. The number of carbonyl (C=O) groups excluding carboxylic acids is 4. The summed E-state index contributed by atoms with van der Waals surface area (Å²) in [5.41, 5.74) is 0. The summed E-state index contributed by atoms with van der Waals surface area (Å²) >= 11 is 0. The zero-order valence-corrected chi connectivity index (χ0v) is 67.1. The van der Waals surface area contributed by atoms with Crippen molar-refractivity contribution < 1.29 is 80.2 Å². The van der Waals surface area contributed by atoms with E-state index in [2.05, 4.69) is 204 Å². The van der Waals surface area contributed by atoms with Crippen molar-refractivity contribution >= 4 is 39.5 Å². The van der Waals surface area contributed by atoms with Crippen molar-refractivity contribution in [3.8, 4) is 0 Å². The number of esters is 4. The number of phosphoric ester groups is 2. The minimum Gasteiger partial charge on any atom is -0.462 e. The van der Waals surface area contributed by atoms with E-state index in [-0.39, 0.29) is 25.7 Å². The third kappa shape index (κ3) is 76.1. The van der Waals surface area contributed by atoms with Gasteiger partial charge in [-0.1, -0.05) is 273 Å². The molecule has 0 aliphatic heterocycles. The summed E-state index contributed by atoms with van der Waals surface area (Å²) < 4.78 is 68.5. The number of hydrogen-bond acceptors (Lipinski definition) is 15. The van der Waals surface area contributed by atoms with Crippen molar-refractivity contribution in [2.45, 2.75) is 290 Å². The van der Waals surface area contributed by atoms with E-state index in [1.807, 2.05) is 18.2 Å². The second-order valence-corrected chi connectivity index (χ2v) is 28.4. The molecular weight excluding hydrogens is 1380 g/mol. The molecule has 0 radical (unpaired) electrons. The van der Waals surface area contributed by atoms with Crippen molar-refractivity contribution in [3.63, 3.8) is 0 Å². The van der Waals surface area contributed by atoms with Gasteiger partial charge in [0, 0.05) is 25.7 Å². The summed E-state index contributed by atoms with van der Waals surface area (Å²) in [5, 5.41) is 10.6. The van der Waals surface area contributed by atoms with Gasteiger partial charge in [-0.3, -0.25) is 37.3 Å². The normalized spacial score (nSPS) is 14.9. The Labute approximate surface area is 640 Å². The molecule has 0 saturated carbocycles. The summed E-state index contributed by atoms with van der Waals surface area (Å²) in [5.74, 6) is -2.37. The Morgan fingerprint density at radius 2 is 0.509 bits per heavy atom. The van der Waals surface area contributed by atoms with Gasteiger partial charge in [-0.15, -0.1) is 0 Å². The van der Waals surface area contributed by atoms with Gasteiger partial charge in [0.25, 0.3) is 0 Å². The van der Waals surface area contributed by atoms with Crippen molar-refractivity contribution in [2.75, 3.05) is 39.6 Å². The quantitative estimate of drug-likeness (QED) is 0.0169. The van der Waals surface area contributed by atoms with Crippen LogP contribution in [0, 0.1) is 0 Å². The molecule has 5 atom stereocenters. The molecule has 0 aromatic heterocycles. The van der Waals surface area contributed by atoms with Crippen LogP contribution in [0.25, 0.3) is 0 Å². The van der Waals surface area contributed by atoms with E-state index in [9.17, 15) is 43.2 Å². The van der Waals surface area contributed by atoms with E-state index >= 15 is 0 Å². The average Bonchev–Trinajstić information content (AvgIpc) is 0.903. The predicted octanol–water partition coefficient (Wildman–Crippen LogP) is 23.3. The maximum Gasteiger partial charge on any atom is 0.472 e. The van der Waals surface area contributed by atoms with Gasteiger partial charge in [0.15, 0.2) is 12.2 Å². The van der Waals surface area contributed by atoms with E-state index in [0.29, 0.717) is 32.1 Å². The van der Waals surface area contributed by atoms with Crippen molar-refractivity contribution in [2.24, 2.45) is 0 Å². The van der Waals surface area contributed by atoms with Crippen molar-refractivity contribution in [3.05, 3.63) is 194 Å². The van der Waals surface area contributed by atoms with Gasteiger partial charge in [-0.25, -0.2) is 9.13 Å². The number of aliphatic hydroxyl groups is 1. The average molecular weight is 1520 g/mol. The van der Waals surface area contributed by atoms with E-state index in [1.54, 1.807) is 0 Å². The summed E-state index contributed by atoms with van der Waals surface area (Å²) in [4.78, 5) is 73.0. The molecule has 0 aromatic carbocycles. The number of aliphatic hydroxyl groups excluding tert-OH is 1. The van der Waals surface area contributed by atoms with Gasteiger partial charge in [0.1, 0.15) is 19.3 Å². The van der Waals surface area contributed by atoms with Crippen LogP contribution in [0.4, 0.5) is 0 Å². The SMILES string of the molecule is CC/C=C\C/C=C\C/C=C\C/C=C\C/C=C\C/C=C\CCC(=O)OCC(COP(=O)(O)OCC(O)COP(=O)(O)OCC(COC(=O)CCCCCCC/C=C\C/C=C\C/C=C\CC)OC(=O)CCCCCCC/C=C\C/C=C\CCC)OC(=O)CCCCC/C=C\C/C=C\C/C=C\C/C=C\C/C=C\CC. The molecular formula is C87H138O17P2. The minimum atomic E-state index is -5.02. The first-order valence-corrected chi connectivity index (χ1v) is 42.7. The van der Waals surface area contributed by atoms with Crippen LogP contribution < -0.4 is 0 Å². The Morgan fingerprint density at radius 1 is 0.274 bits per heavy atom. The fourth-order valence-corrected chi connectivity index (χ4v) is 11.2. The van der Waals surface area contributed by atoms with Gasteiger partial charge in [0.2, 0.25) is 0 Å². The molecule has 0 rings (SSSR count). The lowest BCUT2D eigenvalue weighted by atomic mass is 10.1. The predicted molar refractivity (Wildman–Crippen MR) is 436 cm³/mol. The van der Waals surface area contributed by atoms with Crippen LogP contribution in [-0.2, 0) is 65.4 Å². The number of phosphoric acid groups is 2. The summed E-state index contributed by atoms with van der Waals surface area (Å²) in [7, 11) is -10.0. The fourth-order valence-electron chi connectivity index (χ4n) is 9.62. The van der Waals surface area contributed by atoms with Crippen molar-refractivity contribution in [1.29, 1.82) is 0 Å². The minimum absolute atomic E-state index is 0.0199. The lowest BCUT2D eigenvalue weighted by Gasteiger charge is -2.21. The van der Waals surface area contributed by atoms with E-state index in [0.717, 1.165) is 186 Å². The van der Waals surface area contributed by atoms with Gasteiger partial charge >= 0.3 is 39.5 Å². The maximum atomic E-state index is 13.1. The van der Waals surface area contributed by atoms with Crippen LogP contribution in [0.2, 0.25) is 0 Å². The molecule has 19 heteroatoms. The molecule has 0 spiro atoms. The Hall–Kier alpha value is -6.10. The molecule has 0 bridgehead atoms. The van der Waals surface area contributed by atoms with Crippen LogP contribution in [0.3, 0.4) is 0 Å². The molecule has 0 amide bonds. The zero-order chi connectivity index (χ0) is 77.4. The lowest BCUT2D eigenvalue weighted by molar-refractivity contribution is -0.161. The molecule has 3 N–H and O–H groups in total. The summed E-state index contributed by atoms with van der Waals surface area (Å²) in [6.07, 6.45) is 94.3. The van der Waals surface area contributed by atoms with Crippen LogP contribution in [0.5, 0.6) is 0 Å². The van der Waals surface area contributed by atoms with Gasteiger partial charge in [0.05, 0.1) is 26.4 Å². The first kappa shape index (κ1) is 99.9. The number of ether oxygens (including phenoxy) is 4. The van der Waals surface area contributed by atoms with Crippen LogP contribution >= 0.6 is 15.6 Å². The molecule has 0 heterocycles. The van der Waals surface area contributed by atoms with E-state index in [4.69, 9.17) is 37.0 Å². The molecule has 0 aliphatic carbocycles. The molecule has 598 valence electrons. The highest BCUT2D eigenvalue weighted by Crippen LogP contribution is 2.45. The van der Waals surface area contributed by atoms with Crippen molar-refractivity contribution in [1.82, 2.24) is 0 Å². The third-order valence-corrected chi connectivity index (χ3v) is 17.4. The number of allylic oxidation sites excluding steroid dienone is 32. The highest BCUT2D eigenvalue weighted by molar-refractivity contribution is 7.47. The molecule has 17 nitrogen and oxygen atoms in total. The topological polar surface area (TPSA) is 237 Å². The lowest BCUT2D eigenvalue weighted by Crippen LogP contribution is -2.30. The van der Waals surface area contributed by atoms with Gasteiger partial charge < -0.3 is 33.8 Å². The first-order valence-electron chi connectivity index (χ1n) is 39.7. The van der Waals surface area contributed by atoms with Crippen LogP contribution in [-0.4, -0.2) is 96.7 Å². The smallest absolute Gasteiger partial charge is 0.462 e. The molecule has 5 unspecified atom stereocenters. The largest absolute Gasteiger partial charge is 0.472 e. The monoisotopic (exact) mass is 1520 g/mol. The van der Waals surface area contributed by atoms with Gasteiger partial charge in [-0.2, -0.15) is 0 Å². The maximum absolute atomic E-state index is 13.1. The highest BCUT2D eigenvalue weighted by atomic mass is 31.2. The third-order valence-electron chi connectivity index (χ3n) is 15.5. The Bertz CT molecular complexity index is 2780. The second kappa shape index (κ2) is 77.1. The fraction of sp³-hybridized carbons (Fsp3) is 0.586. The number of unbranched alkanes of at least 4 members (excludes halogenated alkanes) is 14. The molecule has 0 aromatic rings. The van der Waals surface area contributed by atoms with Crippen LogP contribution in [0.15, 0.2) is 194 Å². The number of rotatable bonds is 72. The Kier molecular flexibility index (Phi) is 72.6. The standard InChI is InChI=1S/C87H138O17P2/c1-5-9-13-17-21-25-29-33-36-38-40-42-45-49-52-56-60-64-68-72-85(90)98-78-83(104-87(92)74-70-66-62-58-54-50-46-43-41-39-37-34-30-26-22-18-14-10-6-2)80-102-106(95,96)100-76-81(88)75-99-105(93,94)101-79-82(103-86(91)73-69-65-61-57-53-47-32-28-24-20-16-12-8-4)77-97-84(89)71-67-63-59-55-51-48-44-35-31-27-23-19-15-11-7-3/h9-11,13-16,20-23,25-28,32-37,40-44,49-50,52,54,60,64,81-83,88H,5-8,12,17-19,24,29-31,38-39,45-48,51,53,55-59,61-63,65-80H2,1-4H3,(H,93,94)(H,95,96)/b13-9-,14-10-,15-11-,20-16-,25-21-,26-22-,27-23-,32-28-,36-33-,37-34-,42-40-,43-41-,44-35-,52-49-,54-50-,64-60-. The summed E-state index contributed by atoms with van der Waals surface area (Å²) in [6, 6.07) is 0. The Morgan fingerprint density at radius 3 is 0.821 bits per heavy atom. The Balaban J connectivity index is 5.51. The number of hydrogen-bond donors (Lipinski definition) is 3.